The predicted molar refractivity (Wildman–Crippen MR) is 83.4 cm³/mol. The molecule has 0 aliphatic carbocycles. The Bertz CT molecular complexity index is 716. The number of carbonyl (C=O) groups is 2. The van der Waals surface area contributed by atoms with E-state index in [1.807, 2.05) is 0 Å². The summed E-state index contributed by atoms with van der Waals surface area (Å²) in [6, 6.07) is 4.23. The fourth-order valence-electron chi connectivity index (χ4n) is 2.25. The van der Waals surface area contributed by atoms with Crippen molar-refractivity contribution in [2.24, 2.45) is 0 Å². The number of benzene rings is 1. The molecule has 23 heavy (non-hydrogen) atoms. The van der Waals surface area contributed by atoms with Crippen molar-refractivity contribution >= 4 is 27.3 Å². The first-order chi connectivity index (χ1) is 10.8. The SMILES string of the molecule is COc1ccc(OC)c(NC(=O)C(=O)NC2CCS(=O)(=O)C2)c1. The second-order valence-electron chi connectivity index (χ2n) is 5.09. The Balaban J connectivity index is 2.02. The molecule has 9 heteroatoms. The van der Waals surface area contributed by atoms with Gasteiger partial charge < -0.3 is 20.1 Å². The molecule has 126 valence electrons. The molecule has 2 rings (SSSR count). The Morgan fingerprint density at radius 1 is 1.17 bits per heavy atom. The standard InChI is InChI=1S/C14H18N2O6S/c1-21-10-3-4-12(22-2)11(7-10)16-14(18)13(17)15-9-5-6-23(19,20)8-9/h3-4,7,9H,5-6,8H2,1-2H3,(H,15,17)(H,16,18). The van der Waals surface area contributed by atoms with Gasteiger partial charge in [-0.25, -0.2) is 8.42 Å². The highest BCUT2D eigenvalue weighted by Crippen LogP contribution is 2.28. The van der Waals surface area contributed by atoms with Crippen LogP contribution in [0.2, 0.25) is 0 Å². The molecule has 0 bridgehead atoms. The van der Waals surface area contributed by atoms with Crippen LogP contribution in [0.4, 0.5) is 5.69 Å². The van der Waals surface area contributed by atoms with E-state index in [9.17, 15) is 18.0 Å². The van der Waals surface area contributed by atoms with E-state index >= 15 is 0 Å². The Morgan fingerprint density at radius 2 is 1.91 bits per heavy atom. The predicted octanol–water partition coefficient (Wildman–Crippen LogP) is -0.0544. The Kier molecular flexibility index (Phi) is 5.09. The lowest BCUT2D eigenvalue weighted by Crippen LogP contribution is -2.42. The lowest BCUT2D eigenvalue weighted by Gasteiger charge is -2.13. The fourth-order valence-corrected chi connectivity index (χ4v) is 3.92. The van der Waals surface area contributed by atoms with Crippen molar-refractivity contribution in [1.82, 2.24) is 5.32 Å². The summed E-state index contributed by atoms with van der Waals surface area (Å²) in [4.78, 5) is 23.8. The highest BCUT2D eigenvalue weighted by atomic mass is 32.2. The van der Waals surface area contributed by atoms with Crippen molar-refractivity contribution < 1.29 is 27.5 Å². The minimum Gasteiger partial charge on any atom is -0.497 e. The smallest absolute Gasteiger partial charge is 0.313 e. The average molecular weight is 342 g/mol. The number of anilines is 1. The maximum absolute atomic E-state index is 12.0. The van der Waals surface area contributed by atoms with Crippen LogP contribution in [0.15, 0.2) is 18.2 Å². The van der Waals surface area contributed by atoms with Gasteiger partial charge in [-0.05, 0) is 18.6 Å². The summed E-state index contributed by atoms with van der Waals surface area (Å²) in [6.45, 7) is 0. The molecule has 0 saturated carbocycles. The number of amides is 2. The highest BCUT2D eigenvalue weighted by molar-refractivity contribution is 7.91. The average Bonchev–Trinajstić information content (AvgIpc) is 2.85. The summed E-state index contributed by atoms with van der Waals surface area (Å²) in [5.41, 5.74) is 0.283. The maximum atomic E-state index is 12.0. The summed E-state index contributed by atoms with van der Waals surface area (Å²) in [5.74, 6) is -1.06. The van der Waals surface area contributed by atoms with Crippen molar-refractivity contribution in [1.29, 1.82) is 0 Å². The third-order valence-corrected chi connectivity index (χ3v) is 5.20. The Morgan fingerprint density at radius 3 is 2.48 bits per heavy atom. The molecule has 0 radical (unpaired) electrons. The largest absolute Gasteiger partial charge is 0.497 e. The summed E-state index contributed by atoms with van der Waals surface area (Å²) in [7, 11) is -0.224. The van der Waals surface area contributed by atoms with Crippen molar-refractivity contribution in [3.8, 4) is 11.5 Å². The van der Waals surface area contributed by atoms with Crippen molar-refractivity contribution in [3.05, 3.63) is 18.2 Å². The topological polar surface area (TPSA) is 111 Å². The lowest BCUT2D eigenvalue weighted by atomic mass is 10.2. The van der Waals surface area contributed by atoms with Crippen LogP contribution in [-0.2, 0) is 19.4 Å². The van der Waals surface area contributed by atoms with Crippen molar-refractivity contribution in [2.45, 2.75) is 12.5 Å². The van der Waals surface area contributed by atoms with Crippen LogP contribution in [0.3, 0.4) is 0 Å². The van der Waals surface area contributed by atoms with Crippen LogP contribution in [0, 0.1) is 0 Å². The van der Waals surface area contributed by atoms with Crippen LogP contribution in [-0.4, -0.2) is 52.0 Å². The number of hydrogen-bond acceptors (Lipinski definition) is 6. The van der Waals surface area contributed by atoms with Gasteiger partial charge in [-0.15, -0.1) is 0 Å². The second-order valence-corrected chi connectivity index (χ2v) is 7.32. The minimum absolute atomic E-state index is 0.0171. The van der Waals surface area contributed by atoms with Gasteiger partial charge in [0.25, 0.3) is 0 Å². The molecular weight excluding hydrogens is 324 g/mol. The molecule has 1 heterocycles. The third kappa shape index (κ3) is 4.35. The number of sulfone groups is 1. The summed E-state index contributed by atoms with van der Waals surface area (Å²) < 4.78 is 32.9. The number of carbonyl (C=O) groups excluding carboxylic acids is 2. The monoisotopic (exact) mass is 342 g/mol. The zero-order chi connectivity index (χ0) is 17.0. The summed E-state index contributed by atoms with van der Waals surface area (Å²) in [6.07, 6.45) is 0.309. The second kappa shape index (κ2) is 6.86. The van der Waals surface area contributed by atoms with E-state index in [0.29, 0.717) is 17.9 Å². The van der Waals surface area contributed by atoms with Crippen LogP contribution in [0.1, 0.15) is 6.42 Å². The fraction of sp³-hybridized carbons (Fsp3) is 0.429. The number of nitrogens with one attached hydrogen (secondary N) is 2. The molecule has 1 aliphatic heterocycles. The summed E-state index contributed by atoms with van der Waals surface area (Å²) >= 11 is 0. The molecule has 8 nitrogen and oxygen atoms in total. The molecule has 1 unspecified atom stereocenters. The molecule has 0 spiro atoms. The normalized spacial score (nSPS) is 19.0. The first-order valence-corrected chi connectivity index (χ1v) is 8.71. The number of hydrogen-bond donors (Lipinski definition) is 2. The van der Waals surface area contributed by atoms with Gasteiger partial charge >= 0.3 is 11.8 Å². The van der Waals surface area contributed by atoms with E-state index in [4.69, 9.17) is 9.47 Å². The van der Waals surface area contributed by atoms with Crippen LogP contribution >= 0.6 is 0 Å². The summed E-state index contributed by atoms with van der Waals surface area (Å²) in [5, 5.41) is 4.84. The maximum Gasteiger partial charge on any atom is 0.313 e. The molecule has 2 amide bonds. The van der Waals surface area contributed by atoms with Gasteiger partial charge in [0.2, 0.25) is 0 Å². The lowest BCUT2D eigenvalue weighted by molar-refractivity contribution is -0.136. The molecule has 1 fully saturated rings. The van der Waals surface area contributed by atoms with Gasteiger partial charge in [-0.2, -0.15) is 0 Å². The van der Waals surface area contributed by atoms with Gasteiger partial charge in [-0.1, -0.05) is 0 Å². The van der Waals surface area contributed by atoms with Gasteiger partial charge in [0, 0.05) is 12.1 Å². The first-order valence-electron chi connectivity index (χ1n) is 6.89. The van der Waals surface area contributed by atoms with E-state index < -0.39 is 27.7 Å². The van der Waals surface area contributed by atoms with Gasteiger partial charge in [-0.3, -0.25) is 9.59 Å². The number of methoxy groups -OCH3 is 2. The number of rotatable bonds is 4. The molecule has 0 aromatic heterocycles. The zero-order valence-electron chi connectivity index (χ0n) is 12.8. The quantitative estimate of drug-likeness (QED) is 0.742. The van der Waals surface area contributed by atoms with Gasteiger partial charge in [0.05, 0.1) is 31.4 Å². The van der Waals surface area contributed by atoms with E-state index in [1.54, 1.807) is 12.1 Å². The molecule has 1 aromatic carbocycles. The van der Waals surface area contributed by atoms with Crippen LogP contribution < -0.4 is 20.1 Å². The van der Waals surface area contributed by atoms with Crippen LogP contribution in [0.25, 0.3) is 0 Å². The van der Waals surface area contributed by atoms with Crippen molar-refractivity contribution in [3.63, 3.8) is 0 Å². The molecule has 1 aliphatic rings. The van der Waals surface area contributed by atoms with E-state index in [2.05, 4.69) is 10.6 Å². The molecule has 1 saturated heterocycles. The van der Waals surface area contributed by atoms with Gasteiger partial charge in [0.15, 0.2) is 9.84 Å². The first kappa shape index (κ1) is 17.1. The van der Waals surface area contributed by atoms with E-state index in [1.165, 1.54) is 20.3 Å². The molecule has 1 atom stereocenters. The van der Waals surface area contributed by atoms with Crippen LogP contribution in [0.5, 0.6) is 11.5 Å². The Hall–Kier alpha value is -2.29. The molecule has 1 aromatic rings. The Labute approximate surface area is 134 Å². The molecular formula is C14H18N2O6S. The van der Waals surface area contributed by atoms with Crippen molar-refractivity contribution in [2.75, 3.05) is 31.0 Å². The van der Waals surface area contributed by atoms with Gasteiger partial charge in [0.1, 0.15) is 11.5 Å². The van der Waals surface area contributed by atoms with E-state index in [0.717, 1.165) is 0 Å². The third-order valence-electron chi connectivity index (χ3n) is 3.43. The van der Waals surface area contributed by atoms with E-state index in [-0.39, 0.29) is 17.2 Å². The molecule has 2 N–H and O–H groups in total. The minimum atomic E-state index is -3.13. The highest BCUT2D eigenvalue weighted by Gasteiger charge is 2.30. The zero-order valence-corrected chi connectivity index (χ0v) is 13.6. The number of ether oxygens (including phenoxy) is 2.